The first kappa shape index (κ1) is 23.4. The molecule has 0 heterocycles. The van der Waals surface area contributed by atoms with Crippen LogP contribution in [-0.2, 0) is 14.3 Å². The van der Waals surface area contributed by atoms with E-state index in [1.165, 1.54) is 11.8 Å². The molecule has 35 heavy (non-hydrogen) atoms. The molecule has 2 saturated carbocycles. The van der Waals surface area contributed by atoms with Crippen LogP contribution in [0.4, 0.5) is 4.79 Å². The van der Waals surface area contributed by atoms with E-state index in [1.807, 2.05) is 24.3 Å². The lowest BCUT2D eigenvalue weighted by atomic mass is 9.48. The van der Waals surface area contributed by atoms with Crippen molar-refractivity contribution >= 4 is 18.0 Å². The molecule has 1 atom stereocenters. The minimum atomic E-state index is -1.11. The number of benzene rings is 2. The molecule has 0 aliphatic heterocycles. The second-order valence-corrected chi connectivity index (χ2v) is 10.3. The van der Waals surface area contributed by atoms with Crippen LogP contribution in [0.2, 0.25) is 0 Å². The molecule has 1 unspecified atom stereocenters. The third-order valence-electron chi connectivity index (χ3n) is 8.29. The third kappa shape index (κ3) is 3.87. The molecule has 0 aromatic heterocycles. The van der Waals surface area contributed by atoms with Crippen LogP contribution in [0.1, 0.15) is 63.0 Å². The van der Waals surface area contributed by atoms with Crippen molar-refractivity contribution in [3.63, 3.8) is 0 Å². The lowest BCUT2D eigenvalue weighted by Crippen LogP contribution is -2.71. The van der Waals surface area contributed by atoms with Crippen LogP contribution in [0.3, 0.4) is 0 Å². The summed E-state index contributed by atoms with van der Waals surface area (Å²) in [6, 6.07) is 15.3. The second-order valence-electron chi connectivity index (χ2n) is 10.3. The number of carbonyl (C=O) groups is 3. The van der Waals surface area contributed by atoms with E-state index in [-0.39, 0.29) is 30.4 Å². The van der Waals surface area contributed by atoms with Gasteiger partial charge in [0.25, 0.3) is 0 Å². The lowest BCUT2D eigenvalue weighted by molar-refractivity contribution is -0.162. The lowest BCUT2D eigenvalue weighted by Gasteiger charge is -2.60. The fourth-order valence-electron chi connectivity index (χ4n) is 6.38. The number of likely N-dealkylation sites (N-methyl/N-ethyl adjacent to an activating group) is 1. The summed E-state index contributed by atoms with van der Waals surface area (Å²) in [4.78, 5) is 39.6. The number of nitrogens with one attached hydrogen (secondary N) is 1. The van der Waals surface area contributed by atoms with E-state index < -0.39 is 23.6 Å². The Labute approximate surface area is 205 Å². The maximum absolute atomic E-state index is 13.6. The number of hydrogen-bond donors (Lipinski definition) is 2. The molecule has 2 aromatic rings. The number of aliphatic carboxylic acids is 1. The van der Waals surface area contributed by atoms with Crippen LogP contribution < -0.4 is 5.32 Å². The Morgan fingerprint density at radius 1 is 1.06 bits per heavy atom. The van der Waals surface area contributed by atoms with Crippen molar-refractivity contribution in [1.29, 1.82) is 0 Å². The van der Waals surface area contributed by atoms with Crippen LogP contribution in [0.5, 0.6) is 0 Å². The van der Waals surface area contributed by atoms with Gasteiger partial charge < -0.3 is 20.1 Å². The molecule has 2 fully saturated rings. The molecule has 7 heteroatoms. The minimum absolute atomic E-state index is 0.0710. The van der Waals surface area contributed by atoms with Gasteiger partial charge in [-0.25, -0.2) is 9.59 Å². The van der Waals surface area contributed by atoms with Gasteiger partial charge in [0, 0.05) is 12.5 Å². The van der Waals surface area contributed by atoms with Gasteiger partial charge in [-0.05, 0) is 67.2 Å². The van der Waals surface area contributed by atoms with E-state index in [9.17, 15) is 19.5 Å². The van der Waals surface area contributed by atoms with Crippen molar-refractivity contribution in [3.8, 4) is 11.1 Å². The van der Waals surface area contributed by atoms with E-state index in [4.69, 9.17) is 4.74 Å². The Morgan fingerprint density at radius 2 is 1.63 bits per heavy atom. The topological polar surface area (TPSA) is 95.9 Å². The Balaban J connectivity index is 1.32. The summed E-state index contributed by atoms with van der Waals surface area (Å²) in [5, 5.41) is 12.4. The average Bonchev–Trinajstić information content (AvgIpc) is 3.12. The number of fused-ring (bicyclic) bond motifs is 3. The first-order valence-electron chi connectivity index (χ1n) is 12.5. The van der Waals surface area contributed by atoms with Crippen molar-refractivity contribution in [2.24, 2.45) is 5.41 Å². The third-order valence-corrected chi connectivity index (χ3v) is 8.29. The highest BCUT2D eigenvalue weighted by Crippen LogP contribution is 2.61. The highest BCUT2D eigenvalue weighted by Gasteiger charge is 2.63. The Morgan fingerprint density at radius 3 is 2.11 bits per heavy atom. The van der Waals surface area contributed by atoms with E-state index in [1.54, 1.807) is 6.92 Å². The molecule has 1 spiro atoms. The zero-order valence-electron chi connectivity index (χ0n) is 20.3. The average molecular weight is 477 g/mol. The smallest absolute Gasteiger partial charge is 0.408 e. The quantitative estimate of drug-likeness (QED) is 0.611. The number of carbonyl (C=O) groups excluding carboxylic acids is 2. The number of alkyl carbamates (subject to hydrolysis) is 1. The van der Waals surface area contributed by atoms with Crippen LogP contribution in [-0.4, -0.2) is 52.7 Å². The zero-order chi connectivity index (χ0) is 24.8. The highest BCUT2D eigenvalue weighted by molar-refractivity contribution is 5.94. The first-order chi connectivity index (χ1) is 16.8. The Kier molecular flexibility index (Phi) is 5.82. The molecule has 0 bridgehead atoms. The summed E-state index contributed by atoms with van der Waals surface area (Å²) in [5.74, 6) is -1.46. The maximum atomic E-state index is 13.6. The number of nitrogens with zero attached hydrogens (tertiary/aromatic N) is 1. The summed E-state index contributed by atoms with van der Waals surface area (Å²) in [6.45, 7) is 3.68. The Hall–Kier alpha value is -3.35. The van der Waals surface area contributed by atoms with Crippen molar-refractivity contribution < 1.29 is 24.2 Å². The second kappa shape index (κ2) is 8.70. The van der Waals surface area contributed by atoms with Crippen molar-refractivity contribution in [2.75, 3.05) is 13.2 Å². The van der Waals surface area contributed by atoms with E-state index in [2.05, 4.69) is 29.6 Å². The van der Waals surface area contributed by atoms with Crippen LogP contribution >= 0.6 is 0 Å². The summed E-state index contributed by atoms with van der Waals surface area (Å²) in [5.41, 5.74) is 3.52. The maximum Gasteiger partial charge on any atom is 0.408 e. The zero-order valence-corrected chi connectivity index (χ0v) is 20.3. The van der Waals surface area contributed by atoms with Gasteiger partial charge in [0.1, 0.15) is 18.2 Å². The molecule has 184 valence electrons. The monoisotopic (exact) mass is 476 g/mol. The SMILES string of the molecule is CCN(C(=O)C1(NC(=O)OCC2c3ccccc3-c3ccccc32)CC2(CCC2)C1)C(C)C(=O)O. The molecular weight excluding hydrogens is 444 g/mol. The standard InChI is InChI=1S/C28H32N2O5/c1-3-30(18(2)24(31)32)25(33)28(16-27(17-28)13-8-14-27)29-26(34)35-15-23-21-11-6-4-9-19(21)20-10-5-7-12-22(20)23/h4-7,9-12,18,23H,3,8,13-17H2,1-2H3,(H,29,34)(H,31,32). The van der Waals surface area contributed by atoms with E-state index in [0.29, 0.717) is 12.8 Å². The van der Waals surface area contributed by atoms with Gasteiger partial charge in [-0.3, -0.25) is 4.79 Å². The number of amides is 2. The van der Waals surface area contributed by atoms with Gasteiger partial charge in [0.2, 0.25) is 5.91 Å². The first-order valence-corrected chi connectivity index (χ1v) is 12.5. The molecule has 3 aliphatic carbocycles. The summed E-state index contributed by atoms with van der Waals surface area (Å²) >= 11 is 0. The number of rotatable bonds is 7. The molecule has 2 N–H and O–H groups in total. The molecular formula is C28H32N2O5. The van der Waals surface area contributed by atoms with Gasteiger partial charge in [-0.15, -0.1) is 0 Å². The van der Waals surface area contributed by atoms with Crippen molar-refractivity contribution in [1.82, 2.24) is 10.2 Å². The van der Waals surface area contributed by atoms with Crippen molar-refractivity contribution in [3.05, 3.63) is 59.7 Å². The molecule has 2 amide bonds. The van der Waals surface area contributed by atoms with Gasteiger partial charge in [0.15, 0.2) is 0 Å². The summed E-state index contributed by atoms with van der Waals surface area (Å²) in [6.07, 6.45) is 3.63. The molecule has 0 radical (unpaired) electrons. The molecule has 0 saturated heterocycles. The van der Waals surface area contributed by atoms with E-state index >= 15 is 0 Å². The van der Waals surface area contributed by atoms with Gasteiger partial charge in [-0.2, -0.15) is 0 Å². The largest absolute Gasteiger partial charge is 0.480 e. The highest BCUT2D eigenvalue weighted by atomic mass is 16.5. The van der Waals surface area contributed by atoms with Crippen LogP contribution in [0, 0.1) is 5.41 Å². The fourth-order valence-corrected chi connectivity index (χ4v) is 6.38. The number of ether oxygens (including phenoxy) is 1. The van der Waals surface area contributed by atoms with Gasteiger partial charge in [0.05, 0.1) is 0 Å². The van der Waals surface area contributed by atoms with Crippen LogP contribution in [0.15, 0.2) is 48.5 Å². The minimum Gasteiger partial charge on any atom is -0.480 e. The number of carboxylic acids is 1. The number of carboxylic acid groups (broad SMARTS) is 1. The van der Waals surface area contributed by atoms with E-state index in [0.717, 1.165) is 41.5 Å². The van der Waals surface area contributed by atoms with Crippen molar-refractivity contribution in [2.45, 2.75) is 63.5 Å². The number of hydrogen-bond acceptors (Lipinski definition) is 4. The molecule has 7 nitrogen and oxygen atoms in total. The van der Waals surface area contributed by atoms with Gasteiger partial charge >= 0.3 is 12.1 Å². The predicted molar refractivity (Wildman–Crippen MR) is 131 cm³/mol. The molecule has 2 aromatic carbocycles. The van der Waals surface area contributed by atoms with Crippen LogP contribution in [0.25, 0.3) is 11.1 Å². The predicted octanol–water partition coefficient (Wildman–Crippen LogP) is 4.55. The summed E-state index contributed by atoms with van der Waals surface area (Å²) in [7, 11) is 0. The molecule has 5 rings (SSSR count). The summed E-state index contributed by atoms with van der Waals surface area (Å²) < 4.78 is 5.73. The van der Waals surface area contributed by atoms with Gasteiger partial charge in [-0.1, -0.05) is 55.0 Å². The fraction of sp³-hybridized carbons (Fsp3) is 0.464. The normalized spacial score (nSPS) is 19.5. The molecule has 3 aliphatic rings. The Bertz CT molecular complexity index is 1120.